The lowest BCUT2D eigenvalue weighted by atomic mass is 9.82. The number of benzene rings is 1. The van der Waals surface area contributed by atoms with Crippen LogP contribution in [0.3, 0.4) is 0 Å². The number of allylic oxidation sites excluding steroid dienone is 1. The van der Waals surface area contributed by atoms with E-state index < -0.39 is 29.9 Å². The first-order valence-corrected chi connectivity index (χ1v) is 10.3. The maximum absolute atomic E-state index is 12.5. The lowest BCUT2D eigenvalue weighted by Gasteiger charge is -2.27. The van der Waals surface area contributed by atoms with Crippen LogP contribution < -0.4 is 9.47 Å². The highest BCUT2D eigenvalue weighted by Gasteiger charge is 2.37. The zero-order valence-corrected chi connectivity index (χ0v) is 19.6. The van der Waals surface area contributed by atoms with Crippen molar-refractivity contribution >= 4 is 11.9 Å². The van der Waals surface area contributed by atoms with Crippen LogP contribution in [0.1, 0.15) is 54.7 Å². The number of hydrogen-bond acceptors (Lipinski definition) is 8. The smallest absolute Gasteiger partial charge is 0.342 e. The molecule has 1 heterocycles. The minimum absolute atomic E-state index is 0.0969. The summed E-state index contributed by atoms with van der Waals surface area (Å²) in [7, 11) is 2.92. The molecule has 9 heteroatoms. The summed E-state index contributed by atoms with van der Waals surface area (Å²) in [6.45, 7) is 7.50. The van der Waals surface area contributed by atoms with E-state index in [4.69, 9.17) is 23.7 Å². The minimum atomic E-state index is -1.38. The fraction of sp³-hybridized carbons (Fsp3) is 0.565. The van der Waals surface area contributed by atoms with Crippen molar-refractivity contribution < 1.29 is 43.5 Å². The van der Waals surface area contributed by atoms with Gasteiger partial charge in [-0.2, -0.15) is 0 Å². The molecule has 0 radical (unpaired) electrons. The second-order valence-corrected chi connectivity index (χ2v) is 8.07. The normalized spacial score (nSPS) is 15.8. The molecule has 0 aliphatic carbocycles. The summed E-state index contributed by atoms with van der Waals surface area (Å²) >= 11 is 0. The molecule has 0 fully saturated rings. The van der Waals surface area contributed by atoms with Crippen molar-refractivity contribution in [1.82, 2.24) is 0 Å². The number of carboxylic acids is 1. The number of hydrogen-bond donors (Lipinski definition) is 2. The maximum Gasteiger partial charge on any atom is 0.342 e. The molecule has 2 N–H and O–H groups in total. The van der Waals surface area contributed by atoms with Crippen LogP contribution >= 0.6 is 0 Å². The number of carbonyl (C=O) groups excluding carboxylic acids is 1. The zero-order chi connectivity index (χ0) is 24.2. The molecule has 0 amide bonds. The largest absolute Gasteiger partial charge is 0.496 e. The summed E-state index contributed by atoms with van der Waals surface area (Å²) in [6, 6.07) is 0. The van der Waals surface area contributed by atoms with Crippen molar-refractivity contribution in [1.29, 1.82) is 0 Å². The molecular weight excluding hydrogens is 420 g/mol. The van der Waals surface area contributed by atoms with E-state index in [0.29, 0.717) is 29.1 Å². The van der Waals surface area contributed by atoms with Gasteiger partial charge in [0, 0.05) is 18.2 Å². The number of carbonyl (C=O) groups is 2. The molecule has 1 aromatic carbocycles. The predicted octanol–water partition coefficient (Wildman–Crippen LogP) is 2.98. The van der Waals surface area contributed by atoms with Crippen LogP contribution in [0.2, 0.25) is 0 Å². The van der Waals surface area contributed by atoms with Crippen molar-refractivity contribution in [3.8, 4) is 11.5 Å². The number of aliphatic hydroxyl groups is 1. The Morgan fingerprint density at radius 3 is 2.47 bits per heavy atom. The molecule has 9 nitrogen and oxygen atoms in total. The Kier molecular flexibility index (Phi) is 8.28. The fourth-order valence-corrected chi connectivity index (χ4v) is 3.58. The number of esters is 1. The lowest BCUT2D eigenvalue weighted by Crippen LogP contribution is -2.37. The highest BCUT2D eigenvalue weighted by molar-refractivity contribution is 5.98. The van der Waals surface area contributed by atoms with Crippen LogP contribution in [0.5, 0.6) is 11.5 Å². The number of cyclic esters (lactones) is 1. The molecule has 0 spiro atoms. The third-order valence-electron chi connectivity index (χ3n) is 5.63. The predicted molar refractivity (Wildman–Crippen MR) is 115 cm³/mol. The van der Waals surface area contributed by atoms with Crippen molar-refractivity contribution in [3.05, 3.63) is 33.9 Å². The number of fused-ring (bicyclic) bond motifs is 1. The van der Waals surface area contributed by atoms with E-state index in [-0.39, 0.29) is 24.3 Å². The number of ether oxygens (including phenoxy) is 5. The van der Waals surface area contributed by atoms with Gasteiger partial charge in [0.25, 0.3) is 0 Å². The summed E-state index contributed by atoms with van der Waals surface area (Å²) in [4.78, 5) is 24.0. The van der Waals surface area contributed by atoms with Crippen LogP contribution in [0.4, 0.5) is 0 Å². The van der Waals surface area contributed by atoms with Gasteiger partial charge in [-0.15, -0.1) is 0 Å². The maximum atomic E-state index is 12.5. The topological polar surface area (TPSA) is 121 Å². The van der Waals surface area contributed by atoms with Crippen molar-refractivity contribution in [2.24, 2.45) is 5.41 Å². The van der Waals surface area contributed by atoms with E-state index >= 15 is 0 Å². The van der Waals surface area contributed by atoms with Gasteiger partial charge in [-0.1, -0.05) is 6.08 Å². The molecule has 2 atom stereocenters. The fourth-order valence-electron chi connectivity index (χ4n) is 3.58. The SMILES string of the molecule is CCOC(OC)Oc1c(C/C=C(\C)C(O)C(C)(C)C(=O)O)c(OC)c(C)c2c1C(=O)OC2. The summed E-state index contributed by atoms with van der Waals surface area (Å²) < 4.78 is 27.5. The van der Waals surface area contributed by atoms with Gasteiger partial charge in [-0.25, -0.2) is 4.79 Å². The first kappa shape index (κ1) is 25.6. The van der Waals surface area contributed by atoms with E-state index in [1.54, 1.807) is 19.9 Å². The van der Waals surface area contributed by atoms with Gasteiger partial charge in [-0.3, -0.25) is 4.79 Å². The molecule has 0 aromatic heterocycles. The van der Waals surface area contributed by atoms with Crippen LogP contribution in [-0.2, 0) is 32.0 Å². The molecule has 1 aliphatic heterocycles. The average molecular weight is 453 g/mol. The Hall–Kier alpha value is -2.62. The van der Waals surface area contributed by atoms with Gasteiger partial charge in [0.15, 0.2) is 0 Å². The van der Waals surface area contributed by atoms with Crippen molar-refractivity contribution in [2.45, 2.75) is 60.2 Å². The van der Waals surface area contributed by atoms with Crippen molar-refractivity contribution in [2.75, 3.05) is 20.8 Å². The molecule has 1 aliphatic rings. The monoisotopic (exact) mass is 452 g/mol. The molecule has 0 saturated heterocycles. The van der Waals surface area contributed by atoms with Gasteiger partial charge in [0.2, 0.25) is 0 Å². The highest BCUT2D eigenvalue weighted by Crippen LogP contribution is 2.43. The second-order valence-electron chi connectivity index (χ2n) is 8.07. The van der Waals surface area contributed by atoms with E-state index in [0.717, 1.165) is 5.56 Å². The number of methoxy groups -OCH3 is 2. The van der Waals surface area contributed by atoms with Crippen LogP contribution in [-0.4, -0.2) is 55.6 Å². The Morgan fingerprint density at radius 1 is 1.28 bits per heavy atom. The Balaban J connectivity index is 2.60. The van der Waals surface area contributed by atoms with E-state index in [9.17, 15) is 19.8 Å². The van der Waals surface area contributed by atoms with Gasteiger partial charge in [0.1, 0.15) is 23.7 Å². The molecule has 1 aromatic rings. The first-order valence-electron chi connectivity index (χ1n) is 10.3. The number of rotatable bonds is 11. The van der Waals surface area contributed by atoms with E-state index in [2.05, 4.69) is 0 Å². The summed E-state index contributed by atoms with van der Waals surface area (Å²) in [6.07, 6.45) is 0.668. The summed E-state index contributed by atoms with van der Waals surface area (Å²) in [5.41, 5.74) is 1.28. The quantitative estimate of drug-likeness (QED) is 0.296. The molecular formula is C23H32O9. The highest BCUT2D eigenvalue weighted by atomic mass is 16.8. The molecule has 2 unspecified atom stereocenters. The number of aliphatic carboxylic acids is 1. The third-order valence-corrected chi connectivity index (χ3v) is 5.63. The Labute approximate surface area is 187 Å². The lowest BCUT2D eigenvalue weighted by molar-refractivity contribution is -0.231. The second kappa shape index (κ2) is 10.3. The van der Waals surface area contributed by atoms with Crippen LogP contribution in [0, 0.1) is 12.3 Å². The third kappa shape index (κ3) is 4.90. The summed E-state index contributed by atoms with van der Waals surface area (Å²) in [5, 5.41) is 20.0. The first-order chi connectivity index (χ1) is 15.0. The standard InChI is InChI=1S/C23H32O9/c1-8-30-22(29-7)32-18-14(10-9-12(2)19(24)23(4,5)21(26)27)17(28-6)13(3)15-11-31-20(25)16(15)18/h9,19,22,24H,8,10-11H2,1-7H3,(H,26,27)/b12-9+. The van der Waals surface area contributed by atoms with E-state index in [1.807, 2.05) is 6.92 Å². The van der Waals surface area contributed by atoms with Crippen molar-refractivity contribution in [3.63, 3.8) is 0 Å². The molecule has 178 valence electrons. The summed E-state index contributed by atoms with van der Waals surface area (Å²) in [5.74, 6) is -0.933. The van der Waals surface area contributed by atoms with E-state index in [1.165, 1.54) is 28.1 Å². The zero-order valence-electron chi connectivity index (χ0n) is 19.6. The molecule has 0 bridgehead atoms. The minimum Gasteiger partial charge on any atom is -0.496 e. The van der Waals surface area contributed by atoms with Gasteiger partial charge < -0.3 is 33.9 Å². The number of aliphatic hydroxyl groups excluding tert-OH is 1. The Morgan fingerprint density at radius 2 is 1.94 bits per heavy atom. The van der Waals surface area contributed by atoms with Crippen LogP contribution in [0.25, 0.3) is 0 Å². The molecule has 0 saturated carbocycles. The molecule has 2 rings (SSSR count). The van der Waals surface area contributed by atoms with Crippen LogP contribution in [0.15, 0.2) is 11.6 Å². The van der Waals surface area contributed by atoms with Gasteiger partial charge in [-0.05, 0) is 52.2 Å². The average Bonchev–Trinajstić information content (AvgIpc) is 3.14. The van der Waals surface area contributed by atoms with Gasteiger partial charge >= 0.3 is 18.4 Å². The van der Waals surface area contributed by atoms with Gasteiger partial charge in [0.05, 0.1) is 25.2 Å². The Bertz CT molecular complexity index is 901. The molecule has 32 heavy (non-hydrogen) atoms. The number of carboxylic acid groups (broad SMARTS) is 1.